The van der Waals surface area contributed by atoms with E-state index in [1.807, 2.05) is 29.2 Å². The summed E-state index contributed by atoms with van der Waals surface area (Å²) in [5.41, 5.74) is 1.96. The summed E-state index contributed by atoms with van der Waals surface area (Å²) in [5, 5.41) is 0. The maximum absolute atomic E-state index is 13.6. The lowest BCUT2D eigenvalue weighted by molar-refractivity contribution is -0.134. The van der Waals surface area contributed by atoms with Crippen LogP contribution < -0.4 is 4.74 Å². The molecule has 0 radical (unpaired) electrons. The van der Waals surface area contributed by atoms with Crippen molar-refractivity contribution in [3.8, 4) is 5.75 Å². The largest absolute Gasteiger partial charge is 0.493 e. The molecule has 2 heterocycles. The van der Waals surface area contributed by atoms with Crippen molar-refractivity contribution < 1.29 is 13.9 Å². The van der Waals surface area contributed by atoms with Crippen LogP contribution in [0.4, 0.5) is 4.39 Å². The van der Waals surface area contributed by atoms with Crippen LogP contribution in [0.25, 0.3) is 0 Å². The van der Waals surface area contributed by atoms with Gasteiger partial charge >= 0.3 is 0 Å². The van der Waals surface area contributed by atoms with Gasteiger partial charge in [-0.05, 0) is 100 Å². The first-order valence-corrected chi connectivity index (χ1v) is 15.0. The predicted octanol–water partition coefficient (Wildman–Crippen LogP) is 6.16. The number of rotatable bonds is 12. The van der Waals surface area contributed by atoms with Crippen molar-refractivity contribution in [2.24, 2.45) is 5.92 Å². The Hall–Kier alpha value is -2.44. The first-order chi connectivity index (χ1) is 18.8. The van der Waals surface area contributed by atoms with Gasteiger partial charge in [-0.25, -0.2) is 4.39 Å². The van der Waals surface area contributed by atoms with Crippen LogP contribution in [0.2, 0.25) is 0 Å². The summed E-state index contributed by atoms with van der Waals surface area (Å²) >= 11 is 0. The number of benzene rings is 2. The van der Waals surface area contributed by atoms with Gasteiger partial charge in [0.25, 0.3) is 0 Å². The number of halogens is 1. The fraction of sp³-hybridized carbons (Fsp3) is 0.606. The Morgan fingerprint density at radius 1 is 0.923 bits per heavy atom. The van der Waals surface area contributed by atoms with Crippen LogP contribution in [-0.4, -0.2) is 71.5 Å². The Balaban J connectivity index is 1.33. The summed E-state index contributed by atoms with van der Waals surface area (Å²) in [5.74, 6) is 1.19. The van der Waals surface area contributed by atoms with E-state index in [2.05, 4.69) is 37.5 Å². The van der Waals surface area contributed by atoms with Gasteiger partial charge in [-0.15, -0.1) is 0 Å². The van der Waals surface area contributed by atoms with E-state index in [4.69, 9.17) is 4.74 Å². The van der Waals surface area contributed by atoms with Crippen LogP contribution in [0.15, 0.2) is 48.5 Å². The Labute approximate surface area is 235 Å². The van der Waals surface area contributed by atoms with Gasteiger partial charge in [0.05, 0.1) is 13.0 Å². The molecule has 0 spiro atoms. The van der Waals surface area contributed by atoms with Crippen LogP contribution in [0, 0.1) is 11.7 Å². The topological polar surface area (TPSA) is 36.0 Å². The lowest BCUT2D eigenvalue weighted by Crippen LogP contribution is -2.48. The first kappa shape index (κ1) is 29.5. The van der Waals surface area contributed by atoms with Gasteiger partial charge in [-0.3, -0.25) is 9.69 Å². The molecular formula is C33H48FN3O2. The van der Waals surface area contributed by atoms with Crippen molar-refractivity contribution >= 4 is 5.91 Å². The number of amides is 1. The number of piperidine rings is 1. The summed E-state index contributed by atoms with van der Waals surface area (Å²) in [4.78, 5) is 20.9. The van der Waals surface area contributed by atoms with Crippen molar-refractivity contribution in [3.05, 3.63) is 65.5 Å². The van der Waals surface area contributed by atoms with Gasteiger partial charge in [0.15, 0.2) is 0 Å². The number of nitrogens with zero attached hydrogens (tertiary/aromatic N) is 3. The van der Waals surface area contributed by atoms with Gasteiger partial charge in [-0.1, -0.05) is 38.1 Å². The molecule has 2 aromatic carbocycles. The SMILES string of the molecule is CC(C)COc1ccc(CC(=O)N(Cc2ccc(F)cc2)C2CCN(CCCN3C(C)CCC3C)CC2)cc1. The molecule has 0 bridgehead atoms. The zero-order valence-corrected chi connectivity index (χ0v) is 24.4. The van der Waals surface area contributed by atoms with Gasteiger partial charge < -0.3 is 14.5 Å². The van der Waals surface area contributed by atoms with Gasteiger partial charge in [0.1, 0.15) is 11.6 Å². The second kappa shape index (κ2) is 14.3. The van der Waals surface area contributed by atoms with E-state index in [0.717, 1.165) is 49.4 Å². The molecule has 214 valence electrons. The number of likely N-dealkylation sites (tertiary alicyclic amines) is 2. The molecule has 0 aliphatic carbocycles. The van der Waals surface area contributed by atoms with E-state index < -0.39 is 0 Å². The molecule has 2 aromatic rings. The quantitative estimate of drug-likeness (QED) is 0.325. The minimum absolute atomic E-state index is 0.130. The van der Waals surface area contributed by atoms with Gasteiger partial charge in [-0.2, -0.15) is 0 Å². The third-order valence-corrected chi connectivity index (χ3v) is 8.47. The molecule has 2 aliphatic heterocycles. The Kier molecular flexibility index (Phi) is 10.8. The monoisotopic (exact) mass is 537 g/mol. The van der Waals surface area contributed by atoms with Crippen LogP contribution in [-0.2, 0) is 17.8 Å². The number of hydrogen-bond donors (Lipinski definition) is 0. The average Bonchev–Trinajstić information content (AvgIpc) is 3.25. The lowest BCUT2D eigenvalue weighted by atomic mass is 10.0. The summed E-state index contributed by atoms with van der Waals surface area (Å²) < 4.78 is 19.3. The average molecular weight is 538 g/mol. The molecule has 2 unspecified atom stereocenters. The second-order valence-corrected chi connectivity index (χ2v) is 12.1. The predicted molar refractivity (Wildman–Crippen MR) is 156 cm³/mol. The summed E-state index contributed by atoms with van der Waals surface area (Å²) in [6, 6.07) is 16.1. The minimum Gasteiger partial charge on any atom is -0.493 e. The molecule has 0 N–H and O–H groups in total. The third kappa shape index (κ3) is 8.77. The van der Waals surface area contributed by atoms with Crippen LogP contribution in [0.1, 0.15) is 70.9 Å². The molecule has 2 atom stereocenters. The molecule has 0 aromatic heterocycles. The Morgan fingerprint density at radius 3 is 2.15 bits per heavy atom. The molecule has 2 saturated heterocycles. The van der Waals surface area contributed by atoms with Crippen LogP contribution >= 0.6 is 0 Å². The van der Waals surface area contributed by atoms with Crippen LogP contribution in [0.3, 0.4) is 0 Å². The van der Waals surface area contributed by atoms with E-state index in [9.17, 15) is 9.18 Å². The van der Waals surface area contributed by atoms with Crippen molar-refractivity contribution in [1.82, 2.24) is 14.7 Å². The highest BCUT2D eigenvalue weighted by molar-refractivity contribution is 5.79. The standard InChI is InChI=1S/C33H48FN3O2/c1-25(2)24-39-32-14-10-28(11-15-32)22-33(38)37(23-29-8-12-30(34)13-9-29)31-16-20-35(21-17-31)18-5-19-36-26(3)6-7-27(36)4/h8-15,25-27,31H,5-7,16-24H2,1-4H3. The molecule has 5 nitrogen and oxygen atoms in total. The molecule has 39 heavy (non-hydrogen) atoms. The maximum Gasteiger partial charge on any atom is 0.227 e. The fourth-order valence-corrected chi connectivity index (χ4v) is 6.07. The number of carbonyl (C=O) groups excluding carboxylic acids is 1. The third-order valence-electron chi connectivity index (χ3n) is 8.47. The first-order valence-electron chi connectivity index (χ1n) is 15.0. The highest BCUT2D eigenvalue weighted by Gasteiger charge is 2.29. The Morgan fingerprint density at radius 2 is 1.54 bits per heavy atom. The zero-order valence-electron chi connectivity index (χ0n) is 24.4. The van der Waals surface area contributed by atoms with Gasteiger partial charge in [0.2, 0.25) is 5.91 Å². The molecule has 0 saturated carbocycles. The van der Waals surface area contributed by atoms with Crippen molar-refractivity contribution in [3.63, 3.8) is 0 Å². The molecule has 2 fully saturated rings. The minimum atomic E-state index is -0.248. The smallest absolute Gasteiger partial charge is 0.227 e. The highest BCUT2D eigenvalue weighted by atomic mass is 19.1. The summed E-state index contributed by atoms with van der Waals surface area (Å²) in [6.07, 6.45) is 6.16. The van der Waals surface area contributed by atoms with E-state index >= 15 is 0 Å². The molecule has 1 amide bonds. The summed E-state index contributed by atoms with van der Waals surface area (Å²) in [6.45, 7) is 14.5. The van der Waals surface area contributed by atoms with Crippen molar-refractivity contribution in [2.75, 3.05) is 32.8 Å². The molecule has 6 heteroatoms. The number of carbonyl (C=O) groups is 1. The Bertz CT molecular complexity index is 1010. The van der Waals surface area contributed by atoms with Crippen molar-refractivity contribution in [1.29, 1.82) is 0 Å². The normalized spacial score (nSPS) is 21.0. The van der Waals surface area contributed by atoms with Crippen molar-refractivity contribution in [2.45, 2.75) is 90.9 Å². The van der Waals surface area contributed by atoms with E-state index in [-0.39, 0.29) is 17.8 Å². The van der Waals surface area contributed by atoms with Gasteiger partial charge in [0, 0.05) is 37.8 Å². The van der Waals surface area contributed by atoms with E-state index in [1.165, 1.54) is 37.9 Å². The molecule has 4 rings (SSSR count). The number of ether oxygens (including phenoxy) is 1. The fourth-order valence-electron chi connectivity index (χ4n) is 6.07. The van der Waals surface area contributed by atoms with E-state index in [0.29, 0.717) is 37.6 Å². The zero-order chi connectivity index (χ0) is 27.8. The van der Waals surface area contributed by atoms with E-state index in [1.54, 1.807) is 12.1 Å². The second-order valence-electron chi connectivity index (χ2n) is 12.1. The van der Waals surface area contributed by atoms with Crippen LogP contribution in [0.5, 0.6) is 5.75 Å². The highest BCUT2D eigenvalue weighted by Crippen LogP contribution is 2.25. The summed E-state index contributed by atoms with van der Waals surface area (Å²) in [7, 11) is 0. The maximum atomic E-state index is 13.6. The number of hydrogen-bond acceptors (Lipinski definition) is 4. The molecular weight excluding hydrogens is 489 g/mol. The molecule has 2 aliphatic rings. The lowest BCUT2D eigenvalue weighted by Gasteiger charge is -2.39.